The summed E-state index contributed by atoms with van der Waals surface area (Å²) in [6.45, 7) is 4.99. The van der Waals surface area contributed by atoms with Crippen LogP contribution in [-0.4, -0.2) is 15.0 Å². The lowest BCUT2D eigenvalue weighted by atomic mass is 9.42. The van der Waals surface area contributed by atoms with Gasteiger partial charge in [0.25, 0.3) is 0 Å². The number of nitrogens with zero attached hydrogens (tertiary/aromatic N) is 3. The lowest BCUT2D eigenvalue weighted by Gasteiger charge is -2.61. The van der Waals surface area contributed by atoms with Gasteiger partial charge in [0.05, 0.1) is 0 Å². The maximum absolute atomic E-state index is 5.73. The van der Waals surface area contributed by atoms with Gasteiger partial charge in [0, 0.05) is 33.1 Å². The molecule has 0 atom stereocenters. The van der Waals surface area contributed by atoms with Crippen molar-refractivity contribution in [3.8, 4) is 67.5 Å². The molecule has 0 unspecified atom stereocenters. The summed E-state index contributed by atoms with van der Waals surface area (Å²) in [5, 5.41) is 4.75. The highest BCUT2D eigenvalue weighted by molar-refractivity contribution is 6.21. The average molecular weight is 810 g/mol. The third-order valence-corrected chi connectivity index (χ3v) is 16.5. The number of hydrogen-bond donors (Lipinski definition) is 0. The summed E-state index contributed by atoms with van der Waals surface area (Å²) in [5.74, 6) is 5.09. The summed E-state index contributed by atoms with van der Waals surface area (Å²) < 4.78 is 0. The van der Waals surface area contributed by atoms with Crippen molar-refractivity contribution in [1.29, 1.82) is 0 Å². The van der Waals surface area contributed by atoms with Crippen molar-refractivity contribution >= 4 is 21.5 Å². The Hall–Kier alpha value is -6.71. The molecule has 4 bridgehead atoms. The standard InChI is InChI=1S/C60H47N3/c1-59(2)49-26-14-13-22-43(49)46-28-29-47-52-48(25-15-27-50(52)60(55(47)54(46)59)39-31-35-30-36(33-39)34-40(60)32-35)57-61-56(38-18-7-4-8-19-38)62-58(63-57)53-45-24-12-10-21-42(45)41-20-9-11-23-44(41)51(53)37-16-5-3-6-17-37/h3-29,35-36,39-40H,30-34H2,1-2H3. The van der Waals surface area contributed by atoms with E-state index < -0.39 is 0 Å². The van der Waals surface area contributed by atoms with Gasteiger partial charge in [-0.3, -0.25) is 0 Å². The van der Waals surface area contributed by atoms with Crippen LogP contribution >= 0.6 is 0 Å². The molecule has 63 heavy (non-hydrogen) atoms. The van der Waals surface area contributed by atoms with E-state index in [9.17, 15) is 0 Å². The molecule has 1 heterocycles. The molecule has 9 aromatic rings. The van der Waals surface area contributed by atoms with Gasteiger partial charge in [0.2, 0.25) is 0 Å². The summed E-state index contributed by atoms with van der Waals surface area (Å²) in [5.41, 5.74) is 17.0. The normalized spacial score (nSPS) is 23.0. The van der Waals surface area contributed by atoms with E-state index in [1.165, 1.54) is 81.6 Å². The molecular weight excluding hydrogens is 763 g/mol. The lowest BCUT2D eigenvalue weighted by molar-refractivity contribution is -0.0404. The van der Waals surface area contributed by atoms with Crippen molar-refractivity contribution in [2.75, 3.05) is 0 Å². The Balaban J connectivity index is 1.09. The SMILES string of the molecule is CC1(C)c2ccccc2-c2ccc3c(c21)C1(c2cccc(-c4nc(-c5ccccc5)nc(-c5c(-c6ccccc6)c6ccccc6c6ccccc56)n4)c2-3)C2CC3CC(C2)CC1C3. The van der Waals surface area contributed by atoms with Crippen LogP contribution in [0.5, 0.6) is 0 Å². The van der Waals surface area contributed by atoms with E-state index in [0.717, 1.165) is 50.9 Å². The molecule has 302 valence electrons. The van der Waals surface area contributed by atoms with Gasteiger partial charge in [-0.25, -0.2) is 15.0 Å². The Labute approximate surface area is 369 Å². The first-order chi connectivity index (χ1) is 31.0. The van der Waals surface area contributed by atoms with E-state index in [0.29, 0.717) is 23.5 Å². The second kappa shape index (κ2) is 12.9. The minimum atomic E-state index is -0.118. The van der Waals surface area contributed by atoms with Crippen LogP contribution in [-0.2, 0) is 10.8 Å². The molecule has 15 rings (SSSR count). The topological polar surface area (TPSA) is 38.7 Å². The molecule has 1 aromatic heterocycles. The highest BCUT2D eigenvalue weighted by atomic mass is 15.0. The molecule has 4 fully saturated rings. The summed E-state index contributed by atoms with van der Waals surface area (Å²) in [6.07, 6.45) is 6.75. The lowest BCUT2D eigenvalue weighted by Crippen LogP contribution is -2.55. The van der Waals surface area contributed by atoms with Gasteiger partial charge in [-0.2, -0.15) is 0 Å². The van der Waals surface area contributed by atoms with E-state index in [1.807, 2.05) is 0 Å². The predicted molar refractivity (Wildman–Crippen MR) is 257 cm³/mol. The fourth-order valence-corrected chi connectivity index (χ4v) is 14.4. The van der Waals surface area contributed by atoms with Crippen LogP contribution in [0.4, 0.5) is 0 Å². The van der Waals surface area contributed by atoms with E-state index >= 15 is 0 Å². The summed E-state index contributed by atoms with van der Waals surface area (Å²) >= 11 is 0. The van der Waals surface area contributed by atoms with Gasteiger partial charge in [-0.15, -0.1) is 0 Å². The maximum atomic E-state index is 5.73. The zero-order chi connectivity index (χ0) is 41.6. The Morgan fingerprint density at radius 2 is 0.889 bits per heavy atom. The molecule has 0 saturated heterocycles. The second-order valence-corrected chi connectivity index (χ2v) is 19.9. The van der Waals surface area contributed by atoms with E-state index in [4.69, 9.17) is 15.0 Å². The molecule has 1 spiro atoms. The average Bonchev–Trinajstić information content (AvgIpc) is 3.76. The van der Waals surface area contributed by atoms with Crippen LogP contribution < -0.4 is 0 Å². The molecule has 8 aromatic carbocycles. The molecule has 0 amide bonds. The van der Waals surface area contributed by atoms with Crippen LogP contribution in [0.25, 0.3) is 89.1 Å². The first-order valence-electron chi connectivity index (χ1n) is 23.2. The van der Waals surface area contributed by atoms with E-state index in [2.05, 4.69) is 178 Å². The quantitative estimate of drug-likeness (QED) is 0.166. The van der Waals surface area contributed by atoms with Crippen molar-refractivity contribution < 1.29 is 0 Å². The van der Waals surface area contributed by atoms with Crippen LogP contribution in [0.2, 0.25) is 0 Å². The summed E-state index contributed by atoms with van der Waals surface area (Å²) in [6, 6.07) is 60.3. The van der Waals surface area contributed by atoms with Gasteiger partial charge < -0.3 is 0 Å². The van der Waals surface area contributed by atoms with E-state index in [-0.39, 0.29) is 10.8 Å². The molecule has 0 N–H and O–H groups in total. The monoisotopic (exact) mass is 809 g/mol. The van der Waals surface area contributed by atoms with Crippen LogP contribution in [0.1, 0.15) is 68.2 Å². The van der Waals surface area contributed by atoms with Crippen molar-refractivity contribution in [2.24, 2.45) is 23.7 Å². The minimum absolute atomic E-state index is 0.0358. The van der Waals surface area contributed by atoms with Gasteiger partial charge in [-0.05, 0) is 127 Å². The molecule has 0 radical (unpaired) electrons. The van der Waals surface area contributed by atoms with Crippen molar-refractivity contribution in [1.82, 2.24) is 15.0 Å². The van der Waals surface area contributed by atoms with Crippen LogP contribution in [0, 0.1) is 23.7 Å². The minimum Gasteiger partial charge on any atom is -0.208 e. The van der Waals surface area contributed by atoms with Crippen molar-refractivity contribution in [3.05, 3.63) is 186 Å². The molecular formula is C60H47N3. The fraction of sp³-hybridized carbons (Fsp3) is 0.217. The fourth-order valence-electron chi connectivity index (χ4n) is 14.4. The molecule has 6 aliphatic carbocycles. The van der Waals surface area contributed by atoms with Crippen molar-refractivity contribution in [2.45, 2.75) is 56.8 Å². The van der Waals surface area contributed by atoms with E-state index in [1.54, 1.807) is 11.1 Å². The molecule has 4 saturated carbocycles. The first-order valence-corrected chi connectivity index (χ1v) is 23.2. The predicted octanol–water partition coefficient (Wildman–Crippen LogP) is 14.9. The number of aromatic nitrogens is 3. The van der Waals surface area contributed by atoms with Crippen LogP contribution in [0.3, 0.4) is 0 Å². The largest absolute Gasteiger partial charge is 0.208 e. The Kier molecular flexibility index (Phi) is 7.35. The summed E-state index contributed by atoms with van der Waals surface area (Å²) in [7, 11) is 0. The number of benzene rings is 8. The zero-order valence-electron chi connectivity index (χ0n) is 35.8. The Morgan fingerprint density at radius 3 is 1.59 bits per heavy atom. The zero-order valence-corrected chi connectivity index (χ0v) is 35.8. The first kappa shape index (κ1) is 35.8. The number of hydrogen-bond acceptors (Lipinski definition) is 3. The smallest absolute Gasteiger partial charge is 0.165 e. The van der Waals surface area contributed by atoms with Gasteiger partial charge in [0.15, 0.2) is 17.5 Å². The highest BCUT2D eigenvalue weighted by Crippen LogP contribution is 2.72. The molecule has 3 nitrogen and oxygen atoms in total. The molecule has 6 aliphatic rings. The van der Waals surface area contributed by atoms with Gasteiger partial charge in [-0.1, -0.05) is 178 Å². The van der Waals surface area contributed by atoms with Crippen molar-refractivity contribution in [3.63, 3.8) is 0 Å². The molecule has 3 heteroatoms. The van der Waals surface area contributed by atoms with Gasteiger partial charge >= 0.3 is 0 Å². The molecule has 0 aliphatic heterocycles. The third kappa shape index (κ3) is 4.78. The summed E-state index contributed by atoms with van der Waals surface area (Å²) in [4.78, 5) is 16.8. The van der Waals surface area contributed by atoms with Gasteiger partial charge in [0.1, 0.15) is 0 Å². The number of rotatable bonds is 4. The Bertz CT molecular complexity index is 3350. The van der Waals surface area contributed by atoms with Crippen LogP contribution in [0.15, 0.2) is 164 Å². The second-order valence-electron chi connectivity index (χ2n) is 19.9. The maximum Gasteiger partial charge on any atom is 0.165 e. The Morgan fingerprint density at radius 1 is 0.365 bits per heavy atom. The number of fused-ring (bicyclic) bond motifs is 10. The third-order valence-electron chi connectivity index (χ3n) is 16.5. The highest BCUT2D eigenvalue weighted by Gasteiger charge is 2.63.